The molecule has 24 heavy (non-hydrogen) atoms. The fourth-order valence-corrected chi connectivity index (χ4v) is 3.85. The molecule has 1 amide bonds. The highest BCUT2D eigenvalue weighted by atomic mass is 32.1. The molecule has 5 nitrogen and oxygen atoms in total. The molecule has 6 heteroatoms. The topological polar surface area (TPSA) is 64.1 Å². The lowest BCUT2D eigenvalue weighted by molar-refractivity contribution is -0.116. The van der Waals surface area contributed by atoms with E-state index in [-0.39, 0.29) is 5.91 Å². The fraction of sp³-hybridized carbons (Fsp3) is 0.500. The van der Waals surface area contributed by atoms with E-state index in [2.05, 4.69) is 15.5 Å². The predicted molar refractivity (Wildman–Crippen MR) is 95.5 cm³/mol. The maximum atomic E-state index is 12.0. The van der Waals surface area contributed by atoms with Crippen molar-refractivity contribution in [2.45, 2.75) is 50.9 Å². The molecular formula is C18H23N3O2S. The van der Waals surface area contributed by atoms with Crippen molar-refractivity contribution in [2.24, 2.45) is 0 Å². The van der Waals surface area contributed by atoms with Gasteiger partial charge in [0.1, 0.15) is 10.8 Å². The number of carbonyl (C=O) groups excluding carboxylic acids is 1. The molecule has 1 saturated carbocycles. The summed E-state index contributed by atoms with van der Waals surface area (Å²) in [5.41, 5.74) is 0. The Labute approximate surface area is 146 Å². The van der Waals surface area contributed by atoms with Crippen LogP contribution in [0, 0.1) is 0 Å². The number of ether oxygens (including phenoxy) is 1. The number of nitrogens with zero attached hydrogens (tertiary/aromatic N) is 2. The molecule has 128 valence electrons. The van der Waals surface area contributed by atoms with E-state index in [1.165, 1.54) is 43.4 Å². The second-order valence-corrected chi connectivity index (χ2v) is 7.10. The summed E-state index contributed by atoms with van der Waals surface area (Å²) >= 11 is 1.52. The zero-order valence-corrected chi connectivity index (χ0v) is 14.6. The van der Waals surface area contributed by atoms with Crippen LogP contribution in [0.5, 0.6) is 5.75 Å². The largest absolute Gasteiger partial charge is 0.494 e. The van der Waals surface area contributed by atoms with Gasteiger partial charge in [-0.3, -0.25) is 4.79 Å². The van der Waals surface area contributed by atoms with Gasteiger partial charge in [0.2, 0.25) is 11.0 Å². The van der Waals surface area contributed by atoms with Gasteiger partial charge in [0.05, 0.1) is 6.61 Å². The molecule has 1 aliphatic carbocycles. The number of anilines is 1. The number of hydrogen-bond donors (Lipinski definition) is 1. The van der Waals surface area contributed by atoms with Gasteiger partial charge < -0.3 is 10.1 Å². The Morgan fingerprint density at radius 1 is 1.17 bits per heavy atom. The first-order chi connectivity index (χ1) is 11.8. The van der Waals surface area contributed by atoms with Crippen molar-refractivity contribution < 1.29 is 9.53 Å². The first kappa shape index (κ1) is 16.9. The Kier molecular flexibility index (Phi) is 6.18. The maximum Gasteiger partial charge on any atom is 0.226 e. The minimum absolute atomic E-state index is 0.0296. The van der Waals surface area contributed by atoms with Gasteiger partial charge in [-0.1, -0.05) is 48.8 Å². The molecule has 0 bridgehead atoms. The van der Waals surface area contributed by atoms with Crippen LogP contribution < -0.4 is 10.1 Å². The summed E-state index contributed by atoms with van der Waals surface area (Å²) < 4.78 is 5.58. The Morgan fingerprint density at radius 3 is 2.75 bits per heavy atom. The standard InChI is InChI=1S/C18H23N3O2S/c22-16(12-7-13-23-15-10-5-2-6-11-15)19-18-21-20-17(24-18)14-8-3-1-4-9-14/h2,5-6,10-11,14H,1,3-4,7-9,12-13H2,(H,19,21,22). The molecule has 3 rings (SSSR count). The SMILES string of the molecule is O=C(CCCOc1ccccc1)Nc1nnc(C2CCCCC2)s1. The van der Waals surface area contributed by atoms with E-state index < -0.39 is 0 Å². The van der Waals surface area contributed by atoms with Crippen molar-refractivity contribution in [3.63, 3.8) is 0 Å². The summed E-state index contributed by atoms with van der Waals surface area (Å²) in [6.45, 7) is 0.529. The molecule has 0 radical (unpaired) electrons. The second-order valence-electron chi connectivity index (χ2n) is 6.09. The molecule has 0 unspecified atom stereocenters. The molecular weight excluding hydrogens is 322 g/mol. The third kappa shape index (κ3) is 5.03. The lowest BCUT2D eigenvalue weighted by Crippen LogP contribution is -2.12. The molecule has 0 saturated heterocycles. The zero-order chi connectivity index (χ0) is 16.6. The van der Waals surface area contributed by atoms with Crippen molar-refractivity contribution in [2.75, 3.05) is 11.9 Å². The van der Waals surface area contributed by atoms with Crippen molar-refractivity contribution in [3.8, 4) is 5.75 Å². The molecule has 0 atom stereocenters. The van der Waals surface area contributed by atoms with Gasteiger partial charge in [0, 0.05) is 12.3 Å². The lowest BCUT2D eigenvalue weighted by atomic mass is 9.90. The summed E-state index contributed by atoms with van der Waals surface area (Å²) in [6, 6.07) is 9.63. The van der Waals surface area contributed by atoms with Gasteiger partial charge in [-0.15, -0.1) is 10.2 Å². The van der Waals surface area contributed by atoms with E-state index in [0.29, 0.717) is 30.5 Å². The summed E-state index contributed by atoms with van der Waals surface area (Å²) in [5, 5.41) is 12.9. The average Bonchev–Trinajstić information content (AvgIpc) is 3.09. The number of carbonyl (C=O) groups is 1. The lowest BCUT2D eigenvalue weighted by Gasteiger charge is -2.18. The molecule has 0 aliphatic heterocycles. The molecule has 1 fully saturated rings. The number of nitrogens with one attached hydrogen (secondary N) is 1. The van der Waals surface area contributed by atoms with Gasteiger partial charge in [-0.2, -0.15) is 0 Å². The third-order valence-corrected chi connectivity index (χ3v) is 5.20. The molecule has 1 aromatic heterocycles. The van der Waals surface area contributed by atoms with Crippen LogP contribution in [0.4, 0.5) is 5.13 Å². The van der Waals surface area contributed by atoms with Crippen molar-refractivity contribution in [1.82, 2.24) is 10.2 Å². The molecule has 0 spiro atoms. The molecule has 2 aromatic rings. The van der Waals surface area contributed by atoms with Gasteiger partial charge in [-0.05, 0) is 31.4 Å². The van der Waals surface area contributed by atoms with Crippen LogP contribution >= 0.6 is 11.3 Å². The quantitative estimate of drug-likeness (QED) is 0.756. The highest BCUT2D eigenvalue weighted by Gasteiger charge is 2.20. The molecule has 1 N–H and O–H groups in total. The fourth-order valence-electron chi connectivity index (χ4n) is 2.92. The van der Waals surface area contributed by atoms with Crippen LogP contribution in [0.2, 0.25) is 0 Å². The summed E-state index contributed by atoms with van der Waals surface area (Å²) in [6.07, 6.45) is 7.35. The summed E-state index contributed by atoms with van der Waals surface area (Å²) in [7, 11) is 0. The Hall–Kier alpha value is -1.95. The van der Waals surface area contributed by atoms with E-state index in [0.717, 1.165) is 10.8 Å². The highest BCUT2D eigenvalue weighted by Crippen LogP contribution is 2.35. The number of para-hydroxylation sites is 1. The monoisotopic (exact) mass is 345 g/mol. The van der Waals surface area contributed by atoms with Crippen LogP contribution in [-0.2, 0) is 4.79 Å². The zero-order valence-electron chi connectivity index (χ0n) is 13.7. The number of hydrogen-bond acceptors (Lipinski definition) is 5. The number of rotatable bonds is 7. The average molecular weight is 345 g/mol. The van der Waals surface area contributed by atoms with Gasteiger partial charge in [-0.25, -0.2) is 0 Å². The van der Waals surface area contributed by atoms with Crippen molar-refractivity contribution in [1.29, 1.82) is 0 Å². The first-order valence-electron chi connectivity index (χ1n) is 8.62. The number of benzene rings is 1. The van der Waals surface area contributed by atoms with Gasteiger partial charge in [0.25, 0.3) is 0 Å². The van der Waals surface area contributed by atoms with Crippen LogP contribution in [0.25, 0.3) is 0 Å². The van der Waals surface area contributed by atoms with Gasteiger partial charge >= 0.3 is 0 Å². The van der Waals surface area contributed by atoms with Crippen LogP contribution in [0.15, 0.2) is 30.3 Å². The minimum atomic E-state index is -0.0296. The van der Waals surface area contributed by atoms with E-state index in [1.54, 1.807) is 0 Å². The number of aromatic nitrogens is 2. The summed E-state index contributed by atoms with van der Waals surface area (Å²) in [4.78, 5) is 12.0. The van der Waals surface area contributed by atoms with Crippen LogP contribution in [0.3, 0.4) is 0 Å². The first-order valence-corrected chi connectivity index (χ1v) is 9.44. The summed E-state index contributed by atoms with van der Waals surface area (Å²) in [5.74, 6) is 1.33. The van der Waals surface area contributed by atoms with Crippen LogP contribution in [0.1, 0.15) is 55.9 Å². The van der Waals surface area contributed by atoms with Crippen LogP contribution in [-0.4, -0.2) is 22.7 Å². The van der Waals surface area contributed by atoms with E-state index >= 15 is 0 Å². The van der Waals surface area contributed by atoms with E-state index in [1.807, 2.05) is 30.3 Å². The van der Waals surface area contributed by atoms with Crippen molar-refractivity contribution in [3.05, 3.63) is 35.3 Å². The molecule has 1 heterocycles. The van der Waals surface area contributed by atoms with Crippen molar-refractivity contribution >= 4 is 22.4 Å². The highest BCUT2D eigenvalue weighted by molar-refractivity contribution is 7.15. The Balaban J connectivity index is 1.38. The second kappa shape index (κ2) is 8.78. The van der Waals surface area contributed by atoms with Gasteiger partial charge in [0.15, 0.2) is 0 Å². The molecule has 1 aliphatic rings. The van der Waals surface area contributed by atoms with E-state index in [9.17, 15) is 4.79 Å². The predicted octanol–water partition coefficient (Wildman–Crippen LogP) is 4.38. The maximum absolute atomic E-state index is 12.0. The Bertz CT molecular complexity index is 639. The smallest absolute Gasteiger partial charge is 0.226 e. The third-order valence-electron chi connectivity index (χ3n) is 4.20. The Morgan fingerprint density at radius 2 is 1.96 bits per heavy atom. The normalized spacial score (nSPS) is 15.2. The molecule has 1 aromatic carbocycles. The number of amides is 1. The minimum Gasteiger partial charge on any atom is -0.494 e. The van der Waals surface area contributed by atoms with E-state index in [4.69, 9.17) is 4.74 Å².